The van der Waals surface area contributed by atoms with Crippen molar-refractivity contribution >= 4 is 11.8 Å². The monoisotopic (exact) mass is 233 g/mol. The fourth-order valence-corrected chi connectivity index (χ4v) is 1.30. The molecule has 5 nitrogen and oxygen atoms in total. The lowest BCUT2D eigenvalue weighted by molar-refractivity contribution is 0.0516. The summed E-state index contributed by atoms with van der Waals surface area (Å²) in [5.41, 5.74) is 4.59. The van der Waals surface area contributed by atoms with Gasteiger partial charge in [0.1, 0.15) is 17.1 Å². The highest BCUT2D eigenvalue weighted by Crippen LogP contribution is 2.26. The van der Waals surface area contributed by atoms with E-state index in [0.717, 1.165) is 4.68 Å². The Morgan fingerprint density at radius 1 is 1.56 bits per heavy atom. The average Bonchev–Trinajstić information content (AvgIpc) is 2.55. The molecule has 1 heterocycles. The molecular formula is C9H13F2N3O2. The Labute approximate surface area is 91.2 Å². The lowest BCUT2D eigenvalue weighted by Crippen LogP contribution is -2.10. The standard InChI is InChI=1S/C9H13F2N3O2/c1-3-14-8(12)5(9(15)16-4-2)6(13-14)7(10)11/h7H,3-4,12H2,1-2H3. The molecule has 0 aliphatic carbocycles. The number of rotatable bonds is 4. The Kier molecular flexibility index (Phi) is 3.81. The van der Waals surface area contributed by atoms with Gasteiger partial charge in [-0.1, -0.05) is 0 Å². The molecule has 0 radical (unpaired) electrons. The van der Waals surface area contributed by atoms with Crippen molar-refractivity contribution in [2.75, 3.05) is 12.3 Å². The predicted octanol–water partition coefficient (Wildman–Crippen LogP) is 1.60. The van der Waals surface area contributed by atoms with Crippen molar-refractivity contribution in [1.82, 2.24) is 9.78 Å². The lowest BCUT2D eigenvalue weighted by atomic mass is 10.2. The van der Waals surface area contributed by atoms with Crippen LogP contribution in [0, 0.1) is 0 Å². The summed E-state index contributed by atoms with van der Waals surface area (Å²) in [5, 5.41) is 3.57. The molecule has 0 aromatic carbocycles. The first-order valence-electron chi connectivity index (χ1n) is 4.84. The van der Waals surface area contributed by atoms with E-state index in [4.69, 9.17) is 5.73 Å². The van der Waals surface area contributed by atoms with E-state index in [1.807, 2.05) is 0 Å². The zero-order chi connectivity index (χ0) is 12.3. The lowest BCUT2D eigenvalue weighted by Gasteiger charge is -2.02. The predicted molar refractivity (Wildman–Crippen MR) is 53.2 cm³/mol. The van der Waals surface area contributed by atoms with Crippen LogP contribution >= 0.6 is 0 Å². The quantitative estimate of drug-likeness (QED) is 0.802. The third-order valence-corrected chi connectivity index (χ3v) is 2.00. The first-order valence-corrected chi connectivity index (χ1v) is 4.84. The van der Waals surface area contributed by atoms with Crippen molar-refractivity contribution in [1.29, 1.82) is 0 Å². The summed E-state index contributed by atoms with van der Waals surface area (Å²) in [6.07, 6.45) is -2.85. The Morgan fingerprint density at radius 3 is 2.62 bits per heavy atom. The molecule has 0 atom stereocenters. The van der Waals surface area contributed by atoms with Crippen LogP contribution in [0.1, 0.15) is 36.3 Å². The number of aryl methyl sites for hydroxylation is 1. The first-order chi connectivity index (χ1) is 7.52. The molecule has 90 valence electrons. The van der Waals surface area contributed by atoms with Crippen LogP contribution in [0.5, 0.6) is 0 Å². The Bertz CT molecular complexity index is 390. The van der Waals surface area contributed by atoms with E-state index in [1.54, 1.807) is 13.8 Å². The van der Waals surface area contributed by atoms with Gasteiger partial charge in [0.2, 0.25) is 0 Å². The van der Waals surface area contributed by atoms with E-state index in [9.17, 15) is 13.6 Å². The number of carbonyl (C=O) groups excluding carboxylic acids is 1. The molecule has 0 saturated heterocycles. The smallest absolute Gasteiger partial charge is 0.344 e. The van der Waals surface area contributed by atoms with Crippen LogP contribution in [-0.2, 0) is 11.3 Å². The highest BCUT2D eigenvalue weighted by atomic mass is 19.3. The van der Waals surface area contributed by atoms with Gasteiger partial charge >= 0.3 is 5.97 Å². The third kappa shape index (κ3) is 2.12. The molecule has 16 heavy (non-hydrogen) atoms. The topological polar surface area (TPSA) is 70.1 Å². The Morgan fingerprint density at radius 2 is 2.19 bits per heavy atom. The molecule has 0 amide bonds. The summed E-state index contributed by atoms with van der Waals surface area (Å²) in [6, 6.07) is 0. The summed E-state index contributed by atoms with van der Waals surface area (Å²) in [7, 11) is 0. The van der Waals surface area contributed by atoms with Gasteiger partial charge in [-0.05, 0) is 13.8 Å². The van der Waals surface area contributed by atoms with Gasteiger partial charge in [-0.2, -0.15) is 5.10 Å². The molecule has 0 bridgehead atoms. The summed E-state index contributed by atoms with van der Waals surface area (Å²) < 4.78 is 31.0. The van der Waals surface area contributed by atoms with E-state index in [2.05, 4.69) is 9.84 Å². The van der Waals surface area contributed by atoms with Crippen LogP contribution in [0.25, 0.3) is 0 Å². The number of nitrogen functional groups attached to an aromatic ring is 1. The van der Waals surface area contributed by atoms with Crippen molar-refractivity contribution in [2.45, 2.75) is 26.8 Å². The van der Waals surface area contributed by atoms with Gasteiger partial charge in [-0.15, -0.1) is 0 Å². The molecule has 0 fully saturated rings. The number of nitrogens with zero attached hydrogens (tertiary/aromatic N) is 2. The van der Waals surface area contributed by atoms with Crippen LogP contribution in [0.4, 0.5) is 14.6 Å². The maximum absolute atomic E-state index is 12.6. The number of halogens is 2. The summed E-state index contributed by atoms with van der Waals surface area (Å²) in [6.45, 7) is 3.68. The number of hydrogen-bond donors (Lipinski definition) is 1. The maximum atomic E-state index is 12.6. The number of nitrogens with two attached hydrogens (primary N) is 1. The second kappa shape index (κ2) is 4.91. The number of carbonyl (C=O) groups is 1. The number of aromatic nitrogens is 2. The zero-order valence-electron chi connectivity index (χ0n) is 9.04. The fourth-order valence-electron chi connectivity index (χ4n) is 1.30. The number of anilines is 1. The largest absolute Gasteiger partial charge is 0.462 e. The molecule has 0 saturated carbocycles. The molecule has 1 aromatic heterocycles. The summed E-state index contributed by atoms with van der Waals surface area (Å²) in [4.78, 5) is 11.4. The number of ether oxygens (including phenoxy) is 1. The van der Waals surface area contributed by atoms with Gasteiger partial charge < -0.3 is 10.5 Å². The van der Waals surface area contributed by atoms with Crippen LogP contribution < -0.4 is 5.73 Å². The van der Waals surface area contributed by atoms with Crippen molar-refractivity contribution < 1.29 is 18.3 Å². The minimum atomic E-state index is -2.85. The van der Waals surface area contributed by atoms with Gasteiger partial charge in [-0.3, -0.25) is 0 Å². The second-order valence-corrected chi connectivity index (χ2v) is 2.98. The molecular weight excluding hydrogens is 220 g/mol. The SMILES string of the molecule is CCOC(=O)c1c(C(F)F)nn(CC)c1N. The highest BCUT2D eigenvalue weighted by Gasteiger charge is 2.28. The minimum Gasteiger partial charge on any atom is -0.462 e. The molecule has 0 aliphatic rings. The number of esters is 1. The third-order valence-electron chi connectivity index (χ3n) is 2.00. The van der Waals surface area contributed by atoms with Crippen LogP contribution in [0.3, 0.4) is 0 Å². The zero-order valence-corrected chi connectivity index (χ0v) is 9.04. The Hall–Kier alpha value is -1.66. The van der Waals surface area contributed by atoms with Crippen molar-refractivity contribution in [3.8, 4) is 0 Å². The number of hydrogen-bond acceptors (Lipinski definition) is 4. The second-order valence-electron chi connectivity index (χ2n) is 2.98. The van der Waals surface area contributed by atoms with Crippen molar-refractivity contribution in [2.24, 2.45) is 0 Å². The first kappa shape index (κ1) is 12.4. The van der Waals surface area contributed by atoms with Crippen molar-refractivity contribution in [3.63, 3.8) is 0 Å². The van der Waals surface area contributed by atoms with E-state index in [0.29, 0.717) is 6.54 Å². The van der Waals surface area contributed by atoms with Gasteiger partial charge in [0.05, 0.1) is 6.61 Å². The van der Waals surface area contributed by atoms with Crippen molar-refractivity contribution in [3.05, 3.63) is 11.3 Å². The maximum Gasteiger partial charge on any atom is 0.344 e. The van der Waals surface area contributed by atoms with Crippen LogP contribution in [0.15, 0.2) is 0 Å². The molecule has 0 spiro atoms. The molecule has 7 heteroatoms. The van der Waals surface area contributed by atoms with Crippen LogP contribution in [-0.4, -0.2) is 22.4 Å². The highest BCUT2D eigenvalue weighted by molar-refractivity contribution is 5.95. The molecule has 2 N–H and O–H groups in total. The van der Waals surface area contributed by atoms with Gasteiger partial charge in [0, 0.05) is 6.54 Å². The molecule has 0 unspecified atom stereocenters. The summed E-state index contributed by atoms with van der Waals surface area (Å²) >= 11 is 0. The van der Waals surface area contributed by atoms with E-state index in [-0.39, 0.29) is 18.0 Å². The summed E-state index contributed by atoms with van der Waals surface area (Å²) in [5.74, 6) is -0.953. The molecule has 1 rings (SSSR count). The fraction of sp³-hybridized carbons (Fsp3) is 0.556. The van der Waals surface area contributed by atoms with Gasteiger partial charge in [-0.25, -0.2) is 18.3 Å². The normalized spacial score (nSPS) is 10.8. The Balaban J connectivity index is 3.22. The van der Waals surface area contributed by atoms with E-state index >= 15 is 0 Å². The van der Waals surface area contributed by atoms with E-state index in [1.165, 1.54) is 0 Å². The average molecular weight is 233 g/mol. The van der Waals surface area contributed by atoms with Gasteiger partial charge in [0.25, 0.3) is 6.43 Å². The molecule has 1 aromatic rings. The number of alkyl halides is 2. The van der Waals surface area contributed by atoms with Gasteiger partial charge in [0.15, 0.2) is 0 Å². The van der Waals surface area contributed by atoms with E-state index < -0.39 is 18.1 Å². The van der Waals surface area contributed by atoms with Crippen LogP contribution in [0.2, 0.25) is 0 Å². The minimum absolute atomic E-state index is 0.0868. The molecule has 0 aliphatic heterocycles.